The van der Waals surface area contributed by atoms with Crippen LogP contribution in [0.25, 0.3) is 0 Å². The summed E-state index contributed by atoms with van der Waals surface area (Å²) in [5.74, 6) is 1.09. The third-order valence-electron chi connectivity index (χ3n) is 3.39. The molecule has 1 heterocycles. The zero-order chi connectivity index (χ0) is 9.38. The highest BCUT2D eigenvalue weighted by Gasteiger charge is 2.18. The topological polar surface area (TPSA) is 24.9 Å². The van der Waals surface area contributed by atoms with Gasteiger partial charge in [-0.3, -0.25) is 0 Å². The molecule has 0 radical (unpaired) electrons. The molecule has 1 aromatic heterocycles. The van der Waals surface area contributed by atoms with Crippen molar-refractivity contribution in [1.82, 2.24) is 4.98 Å². The number of rotatable bonds is 2. The molecule has 0 aromatic carbocycles. The minimum Gasteiger partial charge on any atom is -0.367 e. The van der Waals surface area contributed by atoms with Gasteiger partial charge in [-0.2, -0.15) is 0 Å². The average molecular weight is 188 g/mol. The summed E-state index contributed by atoms with van der Waals surface area (Å²) in [5, 5.41) is 3.50. The number of hydrogen-bond donors (Lipinski definition) is 1. The summed E-state index contributed by atoms with van der Waals surface area (Å²) >= 11 is 0. The van der Waals surface area contributed by atoms with Crippen LogP contribution in [-0.4, -0.2) is 11.0 Å². The largest absolute Gasteiger partial charge is 0.367 e. The molecule has 14 heavy (non-hydrogen) atoms. The lowest BCUT2D eigenvalue weighted by atomic mass is 9.93. The van der Waals surface area contributed by atoms with E-state index in [2.05, 4.69) is 22.4 Å². The van der Waals surface area contributed by atoms with Gasteiger partial charge in [0, 0.05) is 11.7 Å². The predicted molar refractivity (Wildman–Crippen MR) is 57.5 cm³/mol. The third-order valence-corrected chi connectivity index (χ3v) is 3.39. The molecule has 1 aromatic rings. The van der Waals surface area contributed by atoms with Gasteiger partial charge < -0.3 is 5.32 Å². The minimum absolute atomic E-state index is 0.696. The Hall–Kier alpha value is -1.05. The number of nitrogens with one attached hydrogen (secondary N) is 1. The number of anilines is 1. The number of aromatic nitrogens is 1. The van der Waals surface area contributed by atoms with Gasteiger partial charge in [0.15, 0.2) is 0 Å². The summed E-state index contributed by atoms with van der Waals surface area (Å²) in [6.07, 6.45) is 7.71. The molecule has 1 fully saturated rings. The van der Waals surface area contributed by atoms with E-state index in [9.17, 15) is 0 Å². The summed E-state index contributed by atoms with van der Waals surface area (Å²) in [5.41, 5.74) is 2.79. The van der Waals surface area contributed by atoms with Gasteiger partial charge >= 0.3 is 0 Å². The van der Waals surface area contributed by atoms with Crippen LogP contribution in [0.1, 0.15) is 36.9 Å². The molecule has 2 nitrogen and oxygen atoms in total. The number of fused-ring (bicyclic) bond motifs is 1. The van der Waals surface area contributed by atoms with Gasteiger partial charge in [0.05, 0.1) is 0 Å². The molecule has 0 aliphatic heterocycles. The van der Waals surface area contributed by atoms with E-state index in [0.717, 1.165) is 5.82 Å². The van der Waals surface area contributed by atoms with Crippen molar-refractivity contribution in [3.63, 3.8) is 0 Å². The van der Waals surface area contributed by atoms with Gasteiger partial charge in [0.1, 0.15) is 5.82 Å². The van der Waals surface area contributed by atoms with Crippen LogP contribution in [-0.2, 0) is 12.8 Å². The smallest absolute Gasteiger partial charge is 0.126 e. The van der Waals surface area contributed by atoms with Crippen LogP contribution < -0.4 is 5.32 Å². The van der Waals surface area contributed by atoms with E-state index in [1.54, 1.807) is 0 Å². The number of nitrogens with zero attached hydrogens (tertiary/aromatic N) is 1. The van der Waals surface area contributed by atoms with Crippen molar-refractivity contribution < 1.29 is 0 Å². The van der Waals surface area contributed by atoms with Crippen LogP contribution >= 0.6 is 0 Å². The van der Waals surface area contributed by atoms with E-state index in [1.165, 1.54) is 49.8 Å². The third kappa shape index (κ3) is 1.39. The normalized spacial score (nSPS) is 20.3. The molecule has 0 saturated heterocycles. The lowest BCUT2D eigenvalue weighted by Crippen LogP contribution is -2.27. The Bertz CT molecular complexity index is 342. The molecule has 2 heteroatoms. The molecule has 0 bridgehead atoms. The second kappa shape index (κ2) is 3.26. The Morgan fingerprint density at radius 3 is 2.86 bits per heavy atom. The lowest BCUT2D eigenvalue weighted by Gasteiger charge is -2.27. The maximum absolute atomic E-state index is 4.66. The SMILES string of the molecule is c1cc2c(nc1NC1CCC1)CCC2. The van der Waals surface area contributed by atoms with E-state index < -0.39 is 0 Å². The molecule has 0 amide bonds. The summed E-state index contributed by atoms with van der Waals surface area (Å²) in [7, 11) is 0. The van der Waals surface area contributed by atoms with Crippen molar-refractivity contribution in [3.8, 4) is 0 Å². The maximum Gasteiger partial charge on any atom is 0.126 e. The molecular formula is C12H16N2. The van der Waals surface area contributed by atoms with Crippen molar-refractivity contribution in [1.29, 1.82) is 0 Å². The second-order valence-corrected chi connectivity index (χ2v) is 4.43. The van der Waals surface area contributed by atoms with Gasteiger partial charge in [0.25, 0.3) is 0 Å². The maximum atomic E-state index is 4.66. The quantitative estimate of drug-likeness (QED) is 0.771. The summed E-state index contributed by atoms with van der Waals surface area (Å²) in [4.78, 5) is 4.66. The van der Waals surface area contributed by atoms with E-state index in [1.807, 2.05) is 0 Å². The number of aryl methyl sites for hydroxylation is 2. The van der Waals surface area contributed by atoms with Crippen molar-refractivity contribution in [2.24, 2.45) is 0 Å². The molecule has 3 rings (SSSR count). The van der Waals surface area contributed by atoms with Crippen molar-refractivity contribution in [3.05, 3.63) is 23.4 Å². The Morgan fingerprint density at radius 2 is 2.07 bits per heavy atom. The Balaban J connectivity index is 1.78. The Morgan fingerprint density at radius 1 is 1.14 bits per heavy atom. The molecule has 0 unspecified atom stereocenters. The standard InChI is InChI=1S/C12H16N2/c1-3-9-7-8-12(14-11(9)6-1)13-10-4-2-5-10/h7-8,10H,1-6H2,(H,13,14). The van der Waals surface area contributed by atoms with E-state index >= 15 is 0 Å². The van der Waals surface area contributed by atoms with E-state index in [0.29, 0.717) is 6.04 Å². The fourth-order valence-electron chi connectivity index (χ4n) is 2.26. The highest BCUT2D eigenvalue weighted by Crippen LogP contribution is 2.25. The monoisotopic (exact) mass is 188 g/mol. The van der Waals surface area contributed by atoms with E-state index in [4.69, 9.17) is 0 Å². The van der Waals surface area contributed by atoms with Crippen LogP contribution in [0.5, 0.6) is 0 Å². The Labute approximate surface area is 84.7 Å². The van der Waals surface area contributed by atoms with Crippen LogP contribution in [0.15, 0.2) is 12.1 Å². The minimum atomic E-state index is 0.696. The van der Waals surface area contributed by atoms with Crippen LogP contribution in [0.4, 0.5) is 5.82 Å². The first-order chi connectivity index (χ1) is 6.92. The van der Waals surface area contributed by atoms with Crippen molar-refractivity contribution in [2.75, 3.05) is 5.32 Å². The predicted octanol–water partition coefficient (Wildman–Crippen LogP) is 2.53. The molecule has 74 valence electrons. The van der Waals surface area contributed by atoms with Gasteiger partial charge in [-0.05, 0) is 50.2 Å². The molecule has 0 spiro atoms. The molecule has 2 aliphatic carbocycles. The first kappa shape index (κ1) is 8.27. The lowest BCUT2D eigenvalue weighted by molar-refractivity contribution is 0.444. The van der Waals surface area contributed by atoms with Crippen LogP contribution in [0, 0.1) is 0 Å². The highest BCUT2D eigenvalue weighted by atomic mass is 15.0. The number of pyridine rings is 1. The molecule has 0 atom stereocenters. The highest BCUT2D eigenvalue weighted by molar-refractivity contribution is 5.41. The van der Waals surface area contributed by atoms with Gasteiger partial charge in [-0.15, -0.1) is 0 Å². The second-order valence-electron chi connectivity index (χ2n) is 4.43. The van der Waals surface area contributed by atoms with Crippen LogP contribution in [0.3, 0.4) is 0 Å². The molecular weight excluding hydrogens is 172 g/mol. The fraction of sp³-hybridized carbons (Fsp3) is 0.583. The van der Waals surface area contributed by atoms with Crippen molar-refractivity contribution in [2.45, 2.75) is 44.6 Å². The molecule has 1 N–H and O–H groups in total. The van der Waals surface area contributed by atoms with Gasteiger partial charge in [0.2, 0.25) is 0 Å². The first-order valence-electron chi connectivity index (χ1n) is 5.67. The Kier molecular flexibility index (Phi) is 1.93. The van der Waals surface area contributed by atoms with Crippen LogP contribution in [0.2, 0.25) is 0 Å². The van der Waals surface area contributed by atoms with Gasteiger partial charge in [-0.1, -0.05) is 6.07 Å². The summed E-state index contributed by atoms with van der Waals surface area (Å²) in [6.45, 7) is 0. The number of hydrogen-bond acceptors (Lipinski definition) is 2. The zero-order valence-corrected chi connectivity index (χ0v) is 8.42. The van der Waals surface area contributed by atoms with E-state index in [-0.39, 0.29) is 0 Å². The zero-order valence-electron chi connectivity index (χ0n) is 8.42. The molecule has 2 aliphatic rings. The first-order valence-corrected chi connectivity index (χ1v) is 5.67. The average Bonchev–Trinajstić information content (AvgIpc) is 2.58. The van der Waals surface area contributed by atoms with Gasteiger partial charge in [-0.25, -0.2) is 4.98 Å². The fourth-order valence-corrected chi connectivity index (χ4v) is 2.26. The van der Waals surface area contributed by atoms with Crippen molar-refractivity contribution >= 4 is 5.82 Å². The summed E-state index contributed by atoms with van der Waals surface area (Å²) < 4.78 is 0. The summed E-state index contributed by atoms with van der Waals surface area (Å²) in [6, 6.07) is 5.08. The molecule has 1 saturated carbocycles.